The number of halogens is 2. The zero-order valence-electron chi connectivity index (χ0n) is 15.5. The Hall–Kier alpha value is -2.51. The molecular formula is C20H23F2N5O. The number of hydrogen-bond donors (Lipinski definition) is 2. The lowest BCUT2D eigenvalue weighted by atomic mass is 9.95. The summed E-state index contributed by atoms with van der Waals surface area (Å²) in [7, 11) is 0. The Morgan fingerprint density at radius 1 is 1.32 bits per heavy atom. The number of H-pyrrole nitrogens is 1. The van der Waals surface area contributed by atoms with Crippen molar-refractivity contribution >= 4 is 28.0 Å². The van der Waals surface area contributed by atoms with Crippen LogP contribution in [0.1, 0.15) is 50.4 Å². The van der Waals surface area contributed by atoms with Gasteiger partial charge in [-0.1, -0.05) is 19.3 Å². The van der Waals surface area contributed by atoms with Crippen LogP contribution >= 0.6 is 0 Å². The van der Waals surface area contributed by atoms with Gasteiger partial charge in [-0.05, 0) is 18.9 Å². The normalized spacial score (nSPS) is 22.0. The van der Waals surface area contributed by atoms with Crippen LogP contribution in [0.3, 0.4) is 0 Å². The van der Waals surface area contributed by atoms with E-state index in [-0.39, 0.29) is 6.42 Å². The van der Waals surface area contributed by atoms with Crippen molar-refractivity contribution in [3.63, 3.8) is 0 Å². The third kappa shape index (κ3) is 2.95. The molecule has 28 heavy (non-hydrogen) atoms. The molecule has 5 rings (SSSR count). The van der Waals surface area contributed by atoms with Crippen LogP contribution in [0, 0.1) is 5.92 Å². The van der Waals surface area contributed by atoms with Crippen LogP contribution in [-0.2, 0) is 11.2 Å². The van der Waals surface area contributed by atoms with Gasteiger partial charge in [0.05, 0.1) is 11.7 Å². The second-order valence-electron chi connectivity index (χ2n) is 7.98. The molecule has 3 aromatic rings. The molecule has 0 aliphatic heterocycles. The van der Waals surface area contributed by atoms with Gasteiger partial charge in [0.25, 0.3) is 5.92 Å². The molecule has 3 heterocycles. The highest BCUT2D eigenvalue weighted by Gasteiger charge is 2.61. The van der Waals surface area contributed by atoms with Crippen molar-refractivity contribution in [3.05, 3.63) is 24.3 Å². The summed E-state index contributed by atoms with van der Waals surface area (Å²) in [6, 6.07) is 2.39. The number of nitrogens with zero attached hydrogens (tertiary/aromatic N) is 3. The average Bonchev–Trinajstić information content (AvgIpc) is 3.02. The lowest BCUT2D eigenvalue weighted by Gasteiger charge is -2.26. The van der Waals surface area contributed by atoms with Gasteiger partial charge in [-0.3, -0.25) is 4.79 Å². The van der Waals surface area contributed by atoms with Gasteiger partial charge in [-0.25, -0.2) is 18.7 Å². The maximum absolute atomic E-state index is 13.1. The summed E-state index contributed by atoms with van der Waals surface area (Å²) in [5.74, 6) is -3.65. The summed E-state index contributed by atoms with van der Waals surface area (Å²) in [5.41, 5.74) is 2.75. The third-order valence-corrected chi connectivity index (χ3v) is 6.04. The van der Waals surface area contributed by atoms with E-state index in [4.69, 9.17) is 4.98 Å². The Kier molecular flexibility index (Phi) is 4.10. The lowest BCUT2D eigenvalue weighted by molar-refractivity contribution is -0.124. The molecule has 1 unspecified atom stereocenters. The number of nitrogens with one attached hydrogen (secondary N) is 2. The van der Waals surface area contributed by atoms with Gasteiger partial charge in [-0.15, -0.1) is 0 Å². The molecule has 2 fully saturated rings. The topological polar surface area (TPSA) is 75.6 Å². The van der Waals surface area contributed by atoms with E-state index in [0.29, 0.717) is 19.0 Å². The van der Waals surface area contributed by atoms with Gasteiger partial charge in [0.2, 0.25) is 5.91 Å². The summed E-state index contributed by atoms with van der Waals surface area (Å²) in [6.07, 6.45) is 9.69. The van der Waals surface area contributed by atoms with Crippen molar-refractivity contribution in [2.24, 2.45) is 5.92 Å². The number of imidazole rings is 1. The predicted octanol–water partition coefficient (Wildman–Crippen LogP) is 3.73. The van der Waals surface area contributed by atoms with Gasteiger partial charge in [0.15, 0.2) is 0 Å². The average molecular weight is 387 g/mol. The molecule has 6 nitrogen and oxygen atoms in total. The number of hydrogen-bond acceptors (Lipinski definition) is 3. The summed E-state index contributed by atoms with van der Waals surface area (Å²) in [5, 5.41) is 3.71. The number of amides is 1. The molecule has 148 valence electrons. The second kappa shape index (κ2) is 6.53. The zero-order valence-corrected chi connectivity index (χ0v) is 15.5. The van der Waals surface area contributed by atoms with E-state index in [1.165, 1.54) is 19.3 Å². The molecule has 2 N–H and O–H groups in total. The highest BCUT2D eigenvalue weighted by Crippen LogP contribution is 2.48. The number of carbonyl (C=O) groups is 1. The third-order valence-electron chi connectivity index (χ3n) is 6.04. The minimum absolute atomic E-state index is 0.311. The molecule has 2 aliphatic rings. The van der Waals surface area contributed by atoms with Crippen molar-refractivity contribution in [2.45, 2.75) is 56.9 Å². The Labute approximate surface area is 160 Å². The van der Waals surface area contributed by atoms with Crippen molar-refractivity contribution < 1.29 is 13.6 Å². The Bertz CT molecular complexity index is 1030. The molecule has 0 saturated heterocycles. The second-order valence-corrected chi connectivity index (χ2v) is 7.98. The molecule has 3 aromatic heterocycles. The zero-order chi connectivity index (χ0) is 19.3. The molecule has 2 saturated carbocycles. The van der Waals surface area contributed by atoms with Crippen LogP contribution in [0.4, 0.5) is 8.78 Å². The van der Waals surface area contributed by atoms with E-state index < -0.39 is 17.7 Å². The standard InChI is InChI=1S/C20H23F2N5O/c21-20(22)10-14(20)19(28)24-9-7-16-26-15-11-25-18-13(6-8-23-18)17(15)27(16)12-4-2-1-3-5-12/h6,8,11-12,14H,1-5,7,9-10H2,(H,23,25)(H,24,28). The van der Waals surface area contributed by atoms with Gasteiger partial charge in [-0.2, -0.15) is 0 Å². The van der Waals surface area contributed by atoms with E-state index in [9.17, 15) is 13.6 Å². The summed E-state index contributed by atoms with van der Waals surface area (Å²) in [6.45, 7) is 0.311. The number of carbonyl (C=O) groups excluding carboxylic acids is 1. The first-order valence-corrected chi connectivity index (χ1v) is 10.0. The van der Waals surface area contributed by atoms with Gasteiger partial charge in [0, 0.05) is 37.0 Å². The minimum atomic E-state index is -2.83. The summed E-state index contributed by atoms with van der Waals surface area (Å²) < 4.78 is 28.5. The number of alkyl halides is 2. The van der Waals surface area contributed by atoms with Crippen LogP contribution in [0.5, 0.6) is 0 Å². The maximum atomic E-state index is 13.1. The number of aromatic nitrogens is 4. The highest BCUT2D eigenvalue weighted by atomic mass is 19.3. The Balaban J connectivity index is 1.44. The van der Waals surface area contributed by atoms with E-state index in [1.807, 2.05) is 12.3 Å². The first kappa shape index (κ1) is 17.6. The number of aromatic amines is 1. The quantitative estimate of drug-likeness (QED) is 0.700. The monoisotopic (exact) mass is 387 g/mol. The number of fused-ring (bicyclic) bond motifs is 3. The lowest BCUT2D eigenvalue weighted by Crippen LogP contribution is -2.30. The van der Waals surface area contributed by atoms with Gasteiger partial charge < -0.3 is 14.9 Å². The SMILES string of the molecule is O=C(NCCc1nc2cnc3[nH]ccc3c2n1C1CCCCC1)C1CC1(F)F. The Morgan fingerprint density at radius 2 is 2.11 bits per heavy atom. The van der Waals surface area contributed by atoms with Crippen molar-refractivity contribution in [3.8, 4) is 0 Å². The smallest absolute Gasteiger partial charge is 0.260 e. The van der Waals surface area contributed by atoms with Crippen LogP contribution < -0.4 is 5.32 Å². The fraction of sp³-hybridized carbons (Fsp3) is 0.550. The van der Waals surface area contributed by atoms with Crippen molar-refractivity contribution in [1.82, 2.24) is 24.8 Å². The number of pyridine rings is 1. The van der Waals surface area contributed by atoms with E-state index in [1.54, 1.807) is 6.20 Å². The first-order valence-electron chi connectivity index (χ1n) is 10.0. The molecule has 0 aromatic carbocycles. The van der Waals surface area contributed by atoms with Crippen LogP contribution in [0.2, 0.25) is 0 Å². The number of rotatable bonds is 5. The van der Waals surface area contributed by atoms with Crippen LogP contribution in [0.15, 0.2) is 18.5 Å². The minimum Gasteiger partial charge on any atom is -0.355 e. The molecule has 0 spiro atoms. The van der Waals surface area contributed by atoms with Crippen LogP contribution in [0.25, 0.3) is 22.1 Å². The largest absolute Gasteiger partial charge is 0.355 e. The molecular weight excluding hydrogens is 364 g/mol. The fourth-order valence-corrected chi connectivity index (χ4v) is 4.47. The molecule has 1 amide bonds. The van der Waals surface area contributed by atoms with Crippen molar-refractivity contribution in [2.75, 3.05) is 6.54 Å². The van der Waals surface area contributed by atoms with E-state index >= 15 is 0 Å². The van der Waals surface area contributed by atoms with Crippen LogP contribution in [-0.4, -0.2) is 37.9 Å². The maximum Gasteiger partial charge on any atom is 0.260 e. The van der Waals surface area contributed by atoms with Gasteiger partial charge in [0.1, 0.15) is 22.9 Å². The summed E-state index contributed by atoms with van der Waals surface area (Å²) >= 11 is 0. The molecule has 8 heteroatoms. The first-order chi connectivity index (χ1) is 13.5. The fourth-order valence-electron chi connectivity index (χ4n) is 4.47. The Morgan fingerprint density at radius 3 is 2.86 bits per heavy atom. The molecule has 2 aliphatic carbocycles. The molecule has 0 radical (unpaired) electrons. The van der Waals surface area contributed by atoms with E-state index in [2.05, 4.69) is 19.9 Å². The highest BCUT2D eigenvalue weighted by molar-refractivity contribution is 6.01. The predicted molar refractivity (Wildman–Crippen MR) is 101 cm³/mol. The molecule has 0 bridgehead atoms. The van der Waals surface area contributed by atoms with Gasteiger partial charge >= 0.3 is 0 Å². The van der Waals surface area contributed by atoms with E-state index in [0.717, 1.165) is 40.7 Å². The van der Waals surface area contributed by atoms with Crippen molar-refractivity contribution in [1.29, 1.82) is 0 Å². The molecule has 1 atom stereocenters. The summed E-state index contributed by atoms with van der Waals surface area (Å²) in [4.78, 5) is 24.3.